The Balaban J connectivity index is 1.53. The van der Waals surface area contributed by atoms with E-state index in [9.17, 15) is 5.26 Å². The van der Waals surface area contributed by atoms with Crippen molar-refractivity contribution in [1.82, 2.24) is 9.55 Å². The molecule has 1 aliphatic rings. The lowest BCUT2D eigenvalue weighted by Crippen LogP contribution is -2.03. The number of hydrogen-bond acceptors (Lipinski definition) is 2. The first-order chi connectivity index (χ1) is 15.2. The predicted octanol–water partition coefficient (Wildman–Crippen LogP) is 6.89. The molecule has 0 spiro atoms. The van der Waals surface area contributed by atoms with Gasteiger partial charge in [0, 0.05) is 5.56 Å². The van der Waals surface area contributed by atoms with Gasteiger partial charge in [-0.25, -0.2) is 4.98 Å². The average molecular weight is 404 g/mol. The fraction of sp³-hybridized carbons (Fsp3) is 0.214. The van der Waals surface area contributed by atoms with E-state index in [4.69, 9.17) is 4.98 Å². The molecule has 3 nitrogen and oxygen atoms in total. The van der Waals surface area contributed by atoms with Crippen LogP contribution < -0.4 is 0 Å². The summed E-state index contributed by atoms with van der Waals surface area (Å²) in [6.07, 6.45) is 7.37. The van der Waals surface area contributed by atoms with Crippen molar-refractivity contribution in [2.75, 3.05) is 0 Å². The van der Waals surface area contributed by atoms with Crippen LogP contribution in [0, 0.1) is 18.3 Å². The van der Waals surface area contributed by atoms with Gasteiger partial charge in [0.15, 0.2) is 0 Å². The third-order valence-corrected chi connectivity index (χ3v) is 6.29. The lowest BCUT2D eigenvalue weighted by Gasteiger charge is -2.13. The Morgan fingerprint density at radius 3 is 2.52 bits per heavy atom. The minimum Gasteiger partial charge on any atom is -0.324 e. The van der Waals surface area contributed by atoms with E-state index in [1.807, 2.05) is 31.2 Å². The summed E-state index contributed by atoms with van der Waals surface area (Å²) in [6.45, 7) is 2.68. The van der Waals surface area contributed by atoms with E-state index >= 15 is 0 Å². The highest BCUT2D eigenvalue weighted by atomic mass is 15.1. The van der Waals surface area contributed by atoms with Gasteiger partial charge in [-0.2, -0.15) is 5.26 Å². The molecule has 1 aliphatic carbocycles. The molecule has 5 rings (SSSR count). The molecule has 31 heavy (non-hydrogen) atoms. The van der Waals surface area contributed by atoms with E-state index in [0.717, 1.165) is 28.0 Å². The number of hydrogen-bond donors (Lipinski definition) is 0. The Bertz CT molecular complexity index is 1320. The van der Waals surface area contributed by atoms with E-state index in [1.165, 1.54) is 42.4 Å². The fourth-order valence-corrected chi connectivity index (χ4v) is 4.60. The lowest BCUT2D eigenvalue weighted by molar-refractivity contribution is 0.742. The van der Waals surface area contributed by atoms with Crippen molar-refractivity contribution in [2.45, 2.75) is 39.2 Å². The monoisotopic (exact) mass is 403 g/mol. The van der Waals surface area contributed by atoms with Crippen LogP contribution >= 0.6 is 0 Å². The number of para-hydroxylation sites is 1. The normalized spacial score (nSPS) is 13.7. The number of aromatic nitrogens is 2. The summed E-state index contributed by atoms with van der Waals surface area (Å²) in [5, 5.41) is 9.46. The highest BCUT2D eigenvalue weighted by Crippen LogP contribution is 2.32. The average Bonchev–Trinajstić information content (AvgIpc) is 3.15. The predicted molar refractivity (Wildman–Crippen MR) is 127 cm³/mol. The summed E-state index contributed by atoms with van der Waals surface area (Å²) in [7, 11) is 0. The lowest BCUT2D eigenvalue weighted by atomic mass is 9.92. The summed E-state index contributed by atoms with van der Waals surface area (Å²) in [5.74, 6) is 0.958. The minimum absolute atomic E-state index is 0.641. The van der Waals surface area contributed by atoms with E-state index < -0.39 is 0 Å². The highest BCUT2D eigenvalue weighted by molar-refractivity contribution is 5.92. The van der Waals surface area contributed by atoms with Crippen LogP contribution in [0.5, 0.6) is 0 Å². The second-order valence-electron chi connectivity index (χ2n) is 8.24. The Morgan fingerprint density at radius 1 is 0.935 bits per heavy atom. The van der Waals surface area contributed by atoms with Crippen molar-refractivity contribution in [1.29, 1.82) is 5.26 Å². The van der Waals surface area contributed by atoms with Crippen molar-refractivity contribution < 1.29 is 0 Å². The first-order valence-corrected chi connectivity index (χ1v) is 11.0. The molecule has 0 amide bonds. The van der Waals surface area contributed by atoms with Crippen molar-refractivity contribution >= 4 is 16.6 Å². The molecule has 0 radical (unpaired) electrons. The molecule has 3 heteroatoms. The van der Waals surface area contributed by atoms with Crippen LogP contribution in [0.3, 0.4) is 0 Å². The number of allylic oxidation sites excluding steroid dienone is 2. The first-order valence-electron chi connectivity index (χ1n) is 11.0. The number of fused-ring (bicyclic) bond motifs is 1. The van der Waals surface area contributed by atoms with E-state index in [2.05, 4.69) is 59.2 Å². The van der Waals surface area contributed by atoms with Gasteiger partial charge >= 0.3 is 0 Å². The maximum Gasteiger partial charge on any atom is 0.107 e. The van der Waals surface area contributed by atoms with Crippen LogP contribution in [-0.4, -0.2) is 9.55 Å². The Labute approximate surface area is 183 Å². The summed E-state index contributed by atoms with van der Waals surface area (Å²) in [5.41, 5.74) is 9.00. The van der Waals surface area contributed by atoms with Crippen LogP contribution in [0.1, 0.15) is 48.2 Å². The third kappa shape index (κ3) is 3.66. The van der Waals surface area contributed by atoms with Crippen LogP contribution in [0.4, 0.5) is 0 Å². The third-order valence-electron chi connectivity index (χ3n) is 6.29. The number of aryl methyl sites for hydroxylation is 1. The summed E-state index contributed by atoms with van der Waals surface area (Å²) in [6, 6.07) is 25.4. The van der Waals surface area contributed by atoms with Gasteiger partial charge in [-0.15, -0.1) is 0 Å². The van der Waals surface area contributed by atoms with Gasteiger partial charge in [0.1, 0.15) is 5.82 Å². The molecule has 4 aromatic rings. The molecule has 152 valence electrons. The van der Waals surface area contributed by atoms with E-state index in [-0.39, 0.29) is 0 Å². The van der Waals surface area contributed by atoms with Gasteiger partial charge in [0.25, 0.3) is 0 Å². The number of nitrogens with zero attached hydrogens (tertiary/aromatic N) is 3. The first kappa shape index (κ1) is 19.3. The zero-order chi connectivity index (χ0) is 21.2. The van der Waals surface area contributed by atoms with Crippen LogP contribution in [-0.2, 0) is 6.54 Å². The van der Waals surface area contributed by atoms with E-state index in [1.54, 1.807) is 0 Å². The SMILES string of the molecule is Cc1nc2c(-c3ccc(C4=CCCCC4)cc3)cccc2n1Cc1ccccc1C#N. The number of imidazole rings is 1. The molecule has 1 heterocycles. The molecule has 0 bridgehead atoms. The number of benzene rings is 3. The molecule has 0 aliphatic heterocycles. The quantitative estimate of drug-likeness (QED) is 0.372. The van der Waals surface area contributed by atoms with Crippen LogP contribution in [0.25, 0.3) is 27.7 Å². The summed E-state index contributed by atoms with van der Waals surface area (Å²) < 4.78 is 2.20. The van der Waals surface area contributed by atoms with Gasteiger partial charge in [-0.1, -0.05) is 60.7 Å². The molecule has 0 saturated carbocycles. The maximum atomic E-state index is 9.46. The molecule has 0 saturated heterocycles. The minimum atomic E-state index is 0.641. The smallest absolute Gasteiger partial charge is 0.107 e. The van der Waals surface area contributed by atoms with E-state index in [0.29, 0.717) is 12.1 Å². The Hall–Kier alpha value is -3.64. The van der Waals surface area contributed by atoms with Gasteiger partial charge in [0.2, 0.25) is 0 Å². The van der Waals surface area contributed by atoms with Gasteiger partial charge in [-0.05, 0) is 67.0 Å². The molecular weight excluding hydrogens is 378 g/mol. The van der Waals surface area contributed by atoms with Crippen molar-refractivity contribution in [3.63, 3.8) is 0 Å². The van der Waals surface area contributed by atoms with Crippen molar-refractivity contribution in [2.24, 2.45) is 0 Å². The Kier molecular flexibility index (Phi) is 5.14. The standard InChI is InChI=1S/C28H25N3/c1-20-30-28-26(23-16-14-22(15-17-23)21-8-3-2-4-9-21)12-7-13-27(28)31(20)19-25-11-6-5-10-24(25)18-29/h5-8,10-17H,2-4,9,19H2,1H3. The maximum absolute atomic E-state index is 9.46. The van der Waals surface area contributed by atoms with Crippen molar-refractivity contribution in [3.8, 4) is 17.2 Å². The number of rotatable bonds is 4. The van der Waals surface area contributed by atoms with Gasteiger partial charge in [-0.3, -0.25) is 0 Å². The van der Waals surface area contributed by atoms with Crippen LogP contribution in [0.2, 0.25) is 0 Å². The van der Waals surface area contributed by atoms with Crippen LogP contribution in [0.15, 0.2) is 72.8 Å². The zero-order valence-electron chi connectivity index (χ0n) is 17.8. The molecule has 0 atom stereocenters. The number of nitriles is 1. The molecular formula is C28H25N3. The molecule has 0 fully saturated rings. The van der Waals surface area contributed by atoms with Gasteiger partial charge in [0.05, 0.1) is 29.2 Å². The zero-order valence-corrected chi connectivity index (χ0v) is 17.8. The van der Waals surface area contributed by atoms with Crippen molar-refractivity contribution in [3.05, 3.63) is 95.3 Å². The molecule has 3 aromatic carbocycles. The largest absolute Gasteiger partial charge is 0.324 e. The van der Waals surface area contributed by atoms with Gasteiger partial charge < -0.3 is 4.57 Å². The Morgan fingerprint density at radius 2 is 1.74 bits per heavy atom. The second-order valence-corrected chi connectivity index (χ2v) is 8.24. The second kappa shape index (κ2) is 8.24. The summed E-state index contributed by atoms with van der Waals surface area (Å²) >= 11 is 0. The fourth-order valence-electron chi connectivity index (χ4n) is 4.60. The molecule has 1 aromatic heterocycles. The molecule has 0 N–H and O–H groups in total. The molecule has 0 unspecified atom stereocenters. The highest BCUT2D eigenvalue weighted by Gasteiger charge is 2.14. The summed E-state index contributed by atoms with van der Waals surface area (Å²) in [4.78, 5) is 4.92. The topological polar surface area (TPSA) is 41.6 Å².